The molecule has 0 bridgehead atoms. The second-order valence-corrected chi connectivity index (χ2v) is 2.63. The number of fused-ring (bicyclic) bond motifs is 1. The van der Waals surface area contributed by atoms with E-state index in [1.54, 1.807) is 12.3 Å². The Morgan fingerprint density at radius 3 is 3.14 bits per heavy atom. The number of nitrogens with zero attached hydrogens (tertiary/aromatic N) is 3. The first-order valence-corrected chi connectivity index (χ1v) is 3.96. The van der Waals surface area contributed by atoms with Crippen molar-refractivity contribution in [1.82, 2.24) is 14.6 Å². The number of aromatic nitrogens is 3. The lowest BCUT2D eigenvalue weighted by Gasteiger charge is -2.04. The SMILES string of the molecule is FC(F)COc1cnc2ccnn2c1. The number of ether oxygens (including phenoxy) is 1. The van der Waals surface area contributed by atoms with Crippen LogP contribution in [0.5, 0.6) is 5.75 Å². The average molecular weight is 199 g/mol. The summed E-state index contributed by atoms with van der Waals surface area (Å²) in [4.78, 5) is 3.95. The fourth-order valence-corrected chi connectivity index (χ4v) is 1.03. The van der Waals surface area contributed by atoms with Crippen molar-refractivity contribution in [2.24, 2.45) is 0 Å². The van der Waals surface area contributed by atoms with Crippen LogP contribution in [0.25, 0.3) is 5.65 Å². The van der Waals surface area contributed by atoms with Gasteiger partial charge in [-0.2, -0.15) is 5.10 Å². The van der Waals surface area contributed by atoms with Crippen LogP contribution in [0.4, 0.5) is 8.78 Å². The molecule has 2 rings (SSSR count). The van der Waals surface area contributed by atoms with Crippen molar-refractivity contribution in [3.63, 3.8) is 0 Å². The van der Waals surface area contributed by atoms with Crippen LogP contribution in [0.2, 0.25) is 0 Å². The smallest absolute Gasteiger partial charge is 0.272 e. The Hall–Kier alpha value is -1.72. The Bertz CT molecular complexity index is 429. The van der Waals surface area contributed by atoms with Crippen molar-refractivity contribution in [1.29, 1.82) is 0 Å². The maximum Gasteiger partial charge on any atom is 0.272 e. The van der Waals surface area contributed by atoms with Gasteiger partial charge in [0.2, 0.25) is 0 Å². The van der Waals surface area contributed by atoms with E-state index in [2.05, 4.69) is 10.1 Å². The van der Waals surface area contributed by atoms with Crippen molar-refractivity contribution < 1.29 is 13.5 Å². The predicted octanol–water partition coefficient (Wildman–Crippen LogP) is 1.37. The molecule has 0 saturated carbocycles. The minimum Gasteiger partial charge on any atom is -0.484 e. The molecule has 2 heterocycles. The van der Waals surface area contributed by atoms with E-state index in [0.717, 1.165) is 0 Å². The van der Waals surface area contributed by atoms with Gasteiger partial charge in [0.25, 0.3) is 6.43 Å². The molecule has 4 nitrogen and oxygen atoms in total. The van der Waals surface area contributed by atoms with Gasteiger partial charge in [0, 0.05) is 6.07 Å². The molecule has 0 N–H and O–H groups in total. The summed E-state index contributed by atoms with van der Waals surface area (Å²) in [6, 6.07) is 1.71. The number of alkyl halides is 2. The first kappa shape index (κ1) is 8.86. The number of rotatable bonds is 3. The molecule has 74 valence electrons. The molecule has 6 heteroatoms. The van der Waals surface area contributed by atoms with Crippen LogP contribution in [-0.2, 0) is 0 Å². The van der Waals surface area contributed by atoms with Crippen LogP contribution in [0, 0.1) is 0 Å². The quantitative estimate of drug-likeness (QED) is 0.749. The largest absolute Gasteiger partial charge is 0.484 e. The first-order valence-electron chi connectivity index (χ1n) is 3.96. The zero-order chi connectivity index (χ0) is 9.97. The summed E-state index contributed by atoms with van der Waals surface area (Å²) in [5, 5.41) is 3.89. The predicted molar refractivity (Wildman–Crippen MR) is 44.5 cm³/mol. The van der Waals surface area contributed by atoms with E-state index >= 15 is 0 Å². The minimum atomic E-state index is -2.48. The second kappa shape index (κ2) is 3.57. The molecule has 0 saturated heterocycles. The zero-order valence-electron chi connectivity index (χ0n) is 7.10. The van der Waals surface area contributed by atoms with Gasteiger partial charge in [0.05, 0.1) is 18.6 Å². The van der Waals surface area contributed by atoms with Crippen LogP contribution in [-0.4, -0.2) is 27.6 Å². The Balaban J connectivity index is 2.17. The molecular weight excluding hydrogens is 192 g/mol. The molecule has 0 aromatic carbocycles. The van der Waals surface area contributed by atoms with Crippen LogP contribution < -0.4 is 4.74 Å². The minimum absolute atomic E-state index is 0.279. The van der Waals surface area contributed by atoms with Gasteiger partial charge < -0.3 is 4.74 Å². The van der Waals surface area contributed by atoms with Gasteiger partial charge in [0.1, 0.15) is 6.61 Å². The molecule has 2 aromatic heterocycles. The fourth-order valence-electron chi connectivity index (χ4n) is 1.03. The molecule has 0 atom stereocenters. The lowest BCUT2D eigenvalue weighted by atomic mass is 10.5. The normalized spacial score (nSPS) is 11.1. The number of hydrogen-bond donors (Lipinski definition) is 0. The highest BCUT2D eigenvalue weighted by Crippen LogP contribution is 2.10. The van der Waals surface area contributed by atoms with Crippen LogP contribution >= 0.6 is 0 Å². The van der Waals surface area contributed by atoms with E-state index in [0.29, 0.717) is 5.65 Å². The summed E-state index contributed by atoms with van der Waals surface area (Å²) >= 11 is 0. The highest BCUT2D eigenvalue weighted by Gasteiger charge is 2.04. The van der Waals surface area contributed by atoms with Gasteiger partial charge in [-0.25, -0.2) is 18.3 Å². The van der Waals surface area contributed by atoms with E-state index in [4.69, 9.17) is 4.74 Å². The van der Waals surface area contributed by atoms with Crippen LogP contribution in [0.3, 0.4) is 0 Å². The molecule has 2 aromatic rings. The number of halogens is 2. The highest BCUT2D eigenvalue weighted by molar-refractivity contribution is 5.37. The van der Waals surface area contributed by atoms with Crippen molar-refractivity contribution in [3.8, 4) is 5.75 Å². The van der Waals surface area contributed by atoms with E-state index in [1.165, 1.54) is 16.9 Å². The lowest BCUT2D eigenvalue weighted by Crippen LogP contribution is -2.07. The average Bonchev–Trinajstić information content (AvgIpc) is 2.61. The molecule has 0 spiro atoms. The second-order valence-electron chi connectivity index (χ2n) is 2.63. The van der Waals surface area contributed by atoms with Gasteiger partial charge in [-0.15, -0.1) is 0 Å². The van der Waals surface area contributed by atoms with Crippen LogP contribution in [0.15, 0.2) is 24.7 Å². The fraction of sp³-hybridized carbons (Fsp3) is 0.250. The zero-order valence-corrected chi connectivity index (χ0v) is 7.10. The Labute approximate surface area is 78.1 Å². The molecule has 0 aliphatic carbocycles. The van der Waals surface area contributed by atoms with Crippen LogP contribution in [0.1, 0.15) is 0 Å². The van der Waals surface area contributed by atoms with Crippen molar-refractivity contribution in [3.05, 3.63) is 24.7 Å². The Morgan fingerprint density at radius 1 is 1.50 bits per heavy atom. The van der Waals surface area contributed by atoms with Crippen molar-refractivity contribution >= 4 is 5.65 Å². The summed E-state index contributed by atoms with van der Waals surface area (Å²) < 4.78 is 29.8. The summed E-state index contributed by atoms with van der Waals surface area (Å²) in [5.74, 6) is 0.279. The molecule has 0 aliphatic heterocycles. The van der Waals surface area contributed by atoms with Gasteiger partial charge in [-0.1, -0.05) is 0 Å². The van der Waals surface area contributed by atoms with Gasteiger partial charge in [-0.3, -0.25) is 0 Å². The monoisotopic (exact) mass is 199 g/mol. The molecule has 0 aliphatic rings. The summed E-state index contributed by atoms with van der Waals surface area (Å²) in [5.41, 5.74) is 0.648. The third-order valence-corrected chi connectivity index (χ3v) is 1.60. The molecule has 0 unspecified atom stereocenters. The molecule has 0 radical (unpaired) electrons. The van der Waals surface area contributed by atoms with E-state index < -0.39 is 13.0 Å². The molecule has 0 amide bonds. The topological polar surface area (TPSA) is 39.4 Å². The maximum absolute atomic E-state index is 11.8. The maximum atomic E-state index is 11.8. The van der Waals surface area contributed by atoms with E-state index in [1.807, 2.05) is 0 Å². The van der Waals surface area contributed by atoms with Gasteiger partial charge in [0.15, 0.2) is 11.4 Å². The van der Waals surface area contributed by atoms with Gasteiger partial charge >= 0.3 is 0 Å². The third-order valence-electron chi connectivity index (χ3n) is 1.60. The molecular formula is C8H7F2N3O. The van der Waals surface area contributed by atoms with Crippen molar-refractivity contribution in [2.45, 2.75) is 6.43 Å². The first-order chi connectivity index (χ1) is 6.75. The molecule has 0 fully saturated rings. The van der Waals surface area contributed by atoms with E-state index in [9.17, 15) is 8.78 Å². The Morgan fingerprint density at radius 2 is 2.36 bits per heavy atom. The lowest BCUT2D eigenvalue weighted by molar-refractivity contribution is 0.0814. The highest BCUT2D eigenvalue weighted by atomic mass is 19.3. The molecule has 14 heavy (non-hydrogen) atoms. The van der Waals surface area contributed by atoms with E-state index in [-0.39, 0.29) is 5.75 Å². The standard InChI is InChI=1S/C8H7F2N3O/c9-7(10)5-14-6-3-11-8-1-2-12-13(8)4-6/h1-4,7H,5H2. The summed E-state index contributed by atoms with van der Waals surface area (Å²) in [6.07, 6.45) is 1.98. The van der Waals surface area contributed by atoms with Gasteiger partial charge in [-0.05, 0) is 0 Å². The van der Waals surface area contributed by atoms with Crippen molar-refractivity contribution in [2.75, 3.05) is 6.61 Å². The number of hydrogen-bond acceptors (Lipinski definition) is 3. The third kappa shape index (κ3) is 1.78. The Kier molecular flexibility index (Phi) is 2.26. The summed E-state index contributed by atoms with van der Waals surface area (Å²) in [7, 11) is 0. The summed E-state index contributed by atoms with van der Waals surface area (Å²) in [6.45, 7) is -0.631.